The van der Waals surface area contributed by atoms with Crippen LogP contribution in [0.5, 0.6) is 0 Å². The minimum Gasteiger partial charge on any atom is -0.356 e. The molecule has 3 N–H and O–H groups in total. The number of nitrogens with zero attached hydrogens (tertiary/aromatic N) is 3. The van der Waals surface area contributed by atoms with Gasteiger partial charge in [0.15, 0.2) is 6.29 Å². The maximum absolute atomic E-state index is 13.5. The third kappa shape index (κ3) is 5.33. The topological polar surface area (TPSA) is 114 Å². The molecule has 1 saturated carbocycles. The first kappa shape index (κ1) is 25.9. The van der Waals surface area contributed by atoms with Crippen LogP contribution >= 0.6 is 0 Å². The second-order valence-corrected chi connectivity index (χ2v) is 10.7. The molecule has 4 rings (SSSR count). The summed E-state index contributed by atoms with van der Waals surface area (Å²) in [6.07, 6.45) is 0.935. The lowest BCUT2D eigenvalue weighted by atomic mass is 9.75. The number of benzene rings is 1. The van der Waals surface area contributed by atoms with Crippen molar-refractivity contribution >= 4 is 23.8 Å². The van der Waals surface area contributed by atoms with Crippen LogP contribution in [0.1, 0.15) is 52.5 Å². The Morgan fingerprint density at radius 2 is 1.78 bits per heavy atom. The molecule has 1 aromatic rings. The molecule has 0 bridgehead atoms. The van der Waals surface area contributed by atoms with Crippen LogP contribution in [-0.2, 0) is 20.9 Å². The van der Waals surface area contributed by atoms with Crippen molar-refractivity contribution in [3.05, 3.63) is 35.9 Å². The summed E-state index contributed by atoms with van der Waals surface area (Å²) >= 11 is 0. The molecule has 0 spiro atoms. The highest BCUT2D eigenvalue weighted by atomic mass is 16.2. The molecule has 1 aromatic carbocycles. The van der Waals surface area contributed by atoms with Crippen LogP contribution in [0.3, 0.4) is 0 Å². The average Bonchev–Trinajstić information content (AvgIpc) is 3.16. The van der Waals surface area contributed by atoms with Crippen molar-refractivity contribution in [1.82, 2.24) is 30.9 Å². The smallest absolute Gasteiger partial charge is 0.337 e. The minimum atomic E-state index is -0.675. The standard InChI is InChI=1S/C26H38N6O4/c1-16(2)13-28-23(34)19-10-11-20-21(12-19)32-25(31(17(3)4)24(20)35)29-30(26(32)36)15-22(33)27-14-18-8-6-5-7-9-18/h5-9,16-17,19-21,25,29H,10-15H2,1-4H3,(H,27,33)(H,28,34). The summed E-state index contributed by atoms with van der Waals surface area (Å²) in [5, 5.41) is 7.14. The molecular formula is C26H38N6O4. The van der Waals surface area contributed by atoms with Crippen molar-refractivity contribution < 1.29 is 19.2 Å². The largest absolute Gasteiger partial charge is 0.356 e. The fourth-order valence-electron chi connectivity index (χ4n) is 5.41. The van der Waals surface area contributed by atoms with E-state index in [0.717, 1.165) is 5.56 Å². The molecular weight excluding hydrogens is 460 g/mol. The maximum Gasteiger partial charge on any atom is 0.337 e. The molecule has 10 nitrogen and oxygen atoms in total. The van der Waals surface area contributed by atoms with E-state index in [0.29, 0.717) is 38.3 Å². The van der Waals surface area contributed by atoms with E-state index in [1.54, 1.807) is 9.80 Å². The molecule has 10 heteroatoms. The highest BCUT2D eigenvalue weighted by Crippen LogP contribution is 2.41. The number of nitrogens with one attached hydrogen (secondary N) is 3. The van der Waals surface area contributed by atoms with Crippen LogP contribution in [0.4, 0.5) is 4.79 Å². The highest BCUT2D eigenvalue weighted by Gasteiger charge is 2.56. The Kier molecular flexibility index (Phi) is 7.82. The van der Waals surface area contributed by atoms with Crippen LogP contribution in [0, 0.1) is 17.8 Å². The van der Waals surface area contributed by atoms with Gasteiger partial charge in [-0.25, -0.2) is 9.80 Å². The quantitative estimate of drug-likeness (QED) is 0.504. The Bertz CT molecular complexity index is 984. The molecule has 3 aliphatic rings. The molecule has 2 saturated heterocycles. The lowest BCUT2D eigenvalue weighted by Crippen LogP contribution is -2.68. The fourth-order valence-corrected chi connectivity index (χ4v) is 5.41. The highest BCUT2D eigenvalue weighted by molar-refractivity contribution is 5.89. The molecule has 0 radical (unpaired) electrons. The monoisotopic (exact) mass is 498 g/mol. The Balaban J connectivity index is 1.47. The van der Waals surface area contributed by atoms with Gasteiger partial charge in [-0.2, -0.15) is 5.43 Å². The van der Waals surface area contributed by atoms with Crippen molar-refractivity contribution in [2.24, 2.45) is 17.8 Å². The van der Waals surface area contributed by atoms with Crippen LogP contribution in [0.25, 0.3) is 0 Å². The number of rotatable bonds is 8. The predicted molar refractivity (Wildman–Crippen MR) is 134 cm³/mol. The third-order valence-electron chi connectivity index (χ3n) is 7.24. The van der Waals surface area contributed by atoms with Gasteiger partial charge in [0.2, 0.25) is 17.7 Å². The minimum absolute atomic E-state index is 0.00651. The molecule has 36 heavy (non-hydrogen) atoms. The molecule has 196 valence electrons. The van der Waals surface area contributed by atoms with E-state index >= 15 is 0 Å². The first-order chi connectivity index (χ1) is 17.2. The average molecular weight is 499 g/mol. The zero-order chi connectivity index (χ0) is 26.0. The lowest BCUT2D eigenvalue weighted by molar-refractivity contribution is -0.162. The third-order valence-corrected chi connectivity index (χ3v) is 7.24. The van der Waals surface area contributed by atoms with Crippen molar-refractivity contribution in [2.75, 3.05) is 13.1 Å². The number of carbonyl (C=O) groups excluding carboxylic acids is 4. The van der Waals surface area contributed by atoms with Crippen molar-refractivity contribution in [1.29, 1.82) is 0 Å². The summed E-state index contributed by atoms with van der Waals surface area (Å²) in [5.74, 6) is -0.581. The Morgan fingerprint density at radius 3 is 2.44 bits per heavy atom. The second kappa shape index (κ2) is 10.9. The van der Waals surface area contributed by atoms with Gasteiger partial charge >= 0.3 is 6.03 Å². The second-order valence-electron chi connectivity index (χ2n) is 10.7. The van der Waals surface area contributed by atoms with Gasteiger partial charge in [-0.3, -0.25) is 19.3 Å². The number of hydrogen-bond acceptors (Lipinski definition) is 5. The van der Waals surface area contributed by atoms with E-state index < -0.39 is 12.3 Å². The fraction of sp³-hybridized carbons (Fsp3) is 0.615. The van der Waals surface area contributed by atoms with Gasteiger partial charge in [-0.1, -0.05) is 44.2 Å². The Labute approximate surface area is 212 Å². The van der Waals surface area contributed by atoms with Gasteiger partial charge < -0.3 is 15.5 Å². The number of amides is 5. The van der Waals surface area contributed by atoms with Crippen LogP contribution in [0.2, 0.25) is 0 Å². The van der Waals surface area contributed by atoms with Crippen LogP contribution in [-0.4, -0.2) is 70.0 Å². The van der Waals surface area contributed by atoms with Crippen molar-refractivity contribution in [3.8, 4) is 0 Å². The molecule has 4 unspecified atom stereocenters. The summed E-state index contributed by atoms with van der Waals surface area (Å²) < 4.78 is 0. The van der Waals surface area contributed by atoms with E-state index in [4.69, 9.17) is 0 Å². The molecule has 1 aliphatic carbocycles. The molecule has 3 fully saturated rings. The number of fused-ring (bicyclic) bond motifs is 3. The van der Waals surface area contributed by atoms with E-state index in [9.17, 15) is 19.2 Å². The maximum atomic E-state index is 13.5. The van der Waals surface area contributed by atoms with Crippen LogP contribution in [0.15, 0.2) is 30.3 Å². The summed E-state index contributed by atoms with van der Waals surface area (Å²) in [7, 11) is 0. The Hall–Kier alpha value is -3.14. The van der Waals surface area contributed by atoms with E-state index in [1.807, 2.05) is 58.0 Å². The van der Waals surface area contributed by atoms with Gasteiger partial charge in [0, 0.05) is 31.1 Å². The van der Waals surface area contributed by atoms with Crippen molar-refractivity contribution in [3.63, 3.8) is 0 Å². The molecule has 4 atom stereocenters. The number of hydrogen-bond donors (Lipinski definition) is 3. The normalized spacial score (nSPS) is 25.8. The summed E-state index contributed by atoms with van der Waals surface area (Å²) in [4.78, 5) is 55.9. The van der Waals surface area contributed by atoms with Crippen molar-refractivity contribution in [2.45, 2.75) is 71.9 Å². The number of carbonyl (C=O) groups is 4. The molecule has 5 amide bonds. The molecule has 0 aromatic heterocycles. The summed E-state index contributed by atoms with van der Waals surface area (Å²) in [5.41, 5.74) is 4.07. The SMILES string of the molecule is CC(C)CNC(=O)C1CCC2C(=O)N(C(C)C)C3NN(CC(=O)NCc4ccccc4)C(=O)N3C2C1. The number of hydrazine groups is 1. The zero-order valence-corrected chi connectivity index (χ0v) is 21.6. The Morgan fingerprint density at radius 1 is 1.06 bits per heavy atom. The van der Waals surface area contributed by atoms with Gasteiger partial charge in [0.1, 0.15) is 6.54 Å². The van der Waals surface area contributed by atoms with Gasteiger partial charge in [0.25, 0.3) is 0 Å². The first-order valence-corrected chi connectivity index (χ1v) is 12.9. The van der Waals surface area contributed by atoms with Gasteiger partial charge in [-0.05, 0) is 44.6 Å². The van der Waals surface area contributed by atoms with E-state index in [-0.39, 0.29) is 48.2 Å². The zero-order valence-electron chi connectivity index (χ0n) is 21.6. The molecule has 2 heterocycles. The summed E-state index contributed by atoms with van der Waals surface area (Å²) in [6.45, 7) is 8.72. The van der Waals surface area contributed by atoms with Gasteiger partial charge in [0.05, 0.1) is 5.92 Å². The van der Waals surface area contributed by atoms with Gasteiger partial charge in [-0.15, -0.1) is 0 Å². The molecule has 2 aliphatic heterocycles. The first-order valence-electron chi connectivity index (χ1n) is 12.9. The number of urea groups is 1. The van der Waals surface area contributed by atoms with E-state index in [2.05, 4.69) is 16.1 Å². The van der Waals surface area contributed by atoms with Crippen LogP contribution < -0.4 is 16.1 Å². The predicted octanol–water partition coefficient (Wildman–Crippen LogP) is 1.64. The van der Waals surface area contributed by atoms with E-state index in [1.165, 1.54) is 5.01 Å². The summed E-state index contributed by atoms with van der Waals surface area (Å²) in [6, 6.07) is 8.69. The lowest BCUT2D eigenvalue weighted by Gasteiger charge is -2.51.